The van der Waals surface area contributed by atoms with Gasteiger partial charge in [-0.15, -0.1) is 0 Å². The summed E-state index contributed by atoms with van der Waals surface area (Å²) < 4.78 is 71.5. The first kappa shape index (κ1) is 15.1. The van der Waals surface area contributed by atoms with Crippen molar-refractivity contribution in [1.82, 2.24) is 4.90 Å². The Balaban J connectivity index is 1.85. The molecule has 0 N–H and O–H groups in total. The van der Waals surface area contributed by atoms with Crippen molar-refractivity contribution in [2.45, 2.75) is 43.9 Å². The minimum absolute atomic E-state index is 0.123. The normalized spacial score (nSPS) is 27.1. The van der Waals surface area contributed by atoms with Crippen LogP contribution in [0.25, 0.3) is 0 Å². The number of nitrogens with zero attached hydrogens (tertiary/aromatic N) is 1. The zero-order valence-electron chi connectivity index (χ0n) is 11.3. The fourth-order valence-electron chi connectivity index (χ4n) is 3.29. The standard InChI is InChI=1S/C14H12F5NO2/c15-9-10(16)12(18)14(13(19)11(9)17)22-8-3-6-1-2-7(4-8)20(6)5-21/h5-8H,1-4H2/t6-,7+,8-. The number of halogens is 5. The number of amides is 1. The highest BCUT2D eigenvalue weighted by atomic mass is 19.2. The molecule has 0 aromatic heterocycles. The van der Waals surface area contributed by atoms with Gasteiger partial charge in [0.2, 0.25) is 35.5 Å². The molecule has 0 unspecified atom stereocenters. The molecule has 1 aromatic carbocycles. The number of hydrogen-bond acceptors (Lipinski definition) is 2. The number of benzene rings is 1. The summed E-state index contributed by atoms with van der Waals surface area (Å²) >= 11 is 0. The fourth-order valence-corrected chi connectivity index (χ4v) is 3.29. The fraction of sp³-hybridized carbons (Fsp3) is 0.500. The number of piperidine rings is 1. The van der Waals surface area contributed by atoms with Gasteiger partial charge in [-0.05, 0) is 12.8 Å². The van der Waals surface area contributed by atoms with Crippen molar-refractivity contribution in [2.24, 2.45) is 0 Å². The molecular formula is C14H12F5NO2. The topological polar surface area (TPSA) is 29.5 Å². The Morgan fingerprint density at radius 2 is 1.32 bits per heavy atom. The summed E-state index contributed by atoms with van der Waals surface area (Å²) in [5, 5.41) is 0. The molecule has 0 spiro atoms. The van der Waals surface area contributed by atoms with Crippen LogP contribution in [0.4, 0.5) is 22.0 Å². The van der Waals surface area contributed by atoms with Crippen LogP contribution in [-0.4, -0.2) is 29.5 Å². The molecule has 0 saturated carbocycles. The third kappa shape index (κ3) is 2.21. The van der Waals surface area contributed by atoms with Gasteiger partial charge in [-0.25, -0.2) is 13.2 Å². The van der Waals surface area contributed by atoms with Gasteiger partial charge in [0.05, 0.1) is 0 Å². The van der Waals surface area contributed by atoms with Gasteiger partial charge >= 0.3 is 0 Å². The Morgan fingerprint density at radius 1 is 0.864 bits per heavy atom. The Morgan fingerprint density at radius 3 is 1.77 bits per heavy atom. The molecule has 2 bridgehead atoms. The highest BCUT2D eigenvalue weighted by Crippen LogP contribution is 2.38. The molecule has 0 radical (unpaired) electrons. The second-order valence-electron chi connectivity index (χ2n) is 5.55. The number of rotatable bonds is 3. The number of fused-ring (bicyclic) bond motifs is 2. The molecule has 1 aromatic rings. The average molecular weight is 321 g/mol. The first-order valence-corrected chi connectivity index (χ1v) is 6.84. The van der Waals surface area contributed by atoms with Crippen molar-refractivity contribution in [3.63, 3.8) is 0 Å². The predicted octanol–water partition coefficient (Wildman–Crippen LogP) is 2.91. The maximum atomic E-state index is 13.6. The van der Waals surface area contributed by atoms with Crippen LogP contribution in [0, 0.1) is 29.1 Å². The van der Waals surface area contributed by atoms with E-state index in [9.17, 15) is 26.7 Å². The minimum atomic E-state index is -2.21. The van der Waals surface area contributed by atoms with Gasteiger partial charge in [-0.1, -0.05) is 0 Å². The van der Waals surface area contributed by atoms with E-state index in [1.807, 2.05) is 0 Å². The van der Waals surface area contributed by atoms with Gasteiger partial charge in [0, 0.05) is 24.9 Å². The zero-order valence-corrected chi connectivity index (χ0v) is 11.3. The van der Waals surface area contributed by atoms with Crippen molar-refractivity contribution in [3.8, 4) is 5.75 Å². The molecule has 0 aliphatic carbocycles. The van der Waals surface area contributed by atoms with Gasteiger partial charge in [-0.3, -0.25) is 4.79 Å². The Kier molecular flexibility index (Phi) is 3.70. The van der Waals surface area contributed by atoms with E-state index < -0.39 is 40.9 Å². The highest BCUT2D eigenvalue weighted by Gasteiger charge is 2.41. The second-order valence-corrected chi connectivity index (χ2v) is 5.55. The summed E-state index contributed by atoms with van der Waals surface area (Å²) in [4.78, 5) is 12.6. The Labute approximate surface area is 122 Å². The molecule has 2 aliphatic heterocycles. The van der Waals surface area contributed by atoms with Crippen molar-refractivity contribution < 1.29 is 31.5 Å². The third-order valence-corrected chi connectivity index (χ3v) is 4.32. The van der Waals surface area contributed by atoms with Crippen LogP contribution in [0.15, 0.2) is 0 Å². The van der Waals surface area contributed by atoms with Crippen molar-refractivity contribution in [1.29, 1.82) is 0 Å². The molecule has 3 atom stereocenters. The summed E-state index contributed by atoms with van der Waals surface area (Å²) in [6.07, 6.45) is 2.10. The van der Waals surface area contributed by atoms with E-state index in [1.54, 1.807) is 4.90 Å². The summed E-state index contributed by atoms with van der Waals surface area (Å²) in [6, 6.07) is -0.245. The predicted molar refractivity (Wildman–Crippen MR) is 64.6 cm³/mol. The average Bonchev–Trinajstić information content (AvgIpc) is 2.77. The summed E-state index contributed by atoms with van der Waals surface area (Å²) in [7, 11) is 0. The summed E-state index contributed by atoms with van der Waals surface area (Å²) in [6.45, 7) is 0. The van der Waals surface area contributed by atoms with E-state index in [1.165, 1.54) is 0 Å². The van der Waals surface area contributed by atoms with E-state index in [4.69, 9.17) is 4.74 Å². The van der Waals surface area contributed by atoms with E-state index >= 15 is 0 Å². The molecule has 22 heavy (non-hydrogen) atoms. The molecule has 2 saturated heterocycles. The van der Waals surface area contributed by atoms with Crippen LogP contribution in [-0.2, 0) is 4.79 Å². The third-order valence-electron chi connectivity index (χ3n) is 4.32. The van der Waals surface area contributed by atoms with Crippen LogP contribution in [0.3, 0.4) is 0 Å². The lowest BCUT2D eigenvalue weighted by atomic mass is 10.0. The number of hydrogen-bond donors (Lipinski definition) is 0. The van der Waals surface area contributed by atoms with Crippen LogP contribution in [0.2, 0.25) is 0 Å². The summed E-state index contributed by atoms with van der Waals surface area (Å²) in [5.74, 6) is -11.5. The van der Waals surface area contributed by atoms with Crippen molar-refractivity contribution in [2.75, 3.05) is 0 Å². The lowest BCUT2D eigenvalue weighted by Crippen LogP contribution is -2.45. The maximum Gasteiger partial charge on any atom is 0.210 e. The number of carbonyl (C=O) groups is 1. The van der Waals surface area contributed by atoms with E-state index in [0.29, 0.717) is 12.8 Å². The van der Waals surface area contributed by atoms with Crippen LogP contribution in [0.1, 0.15) is 25.7 Å². The molecule has 3 nitrogen and oxygen atoms in total. The monoisotopic (exact) mass is 321 g/mol. The van der Waals surface area contributed by atoms with E-state index in [0.717, 1.165) is 19.3 Å². The minimum Gasteiger partial charge on any atom is -0.484 e. The Hall–Kier alpha value is -1.86. The second kappa shape index (κ2) is 5.40. The SMILES string of the molecule is O=CN1[C@@H]2CC[C@H]1C[C@H](Oc1c(F)c(F)c(F)c(F)c1F)C2. The largest absolute Gasteiger partial charge is 0.484 e. The Bertz CT molecular complexity index is 581. The highest BCUT2D eigenvalue weighted by molar-refractivity contribution is 5.50. The zero-order chi connectivity index (χ0) is 16.0. The quantitative estimate of drug-likeness (QED) is 0.371. The smallest absolute Gasteiger partial charge is 0.210 e. The van der Waals surface area contributed by atoms with Gasteiger partial charge in [0.1, 0.15) is 6.10 Å². The van der Waals surface area contributed by atoms with Crippen molar-refractivity contribution in [3.05, 3.63) is 29.1 Å². The molecule has 2 fully saturated rings. The molecule has 8 heteroatoms. The first-order chi connectivity index (χ1) is 10.4. The van der Waals surface area contributed by atoms with E-state index in [2.05, 4.69) is 0 Å². The summed E-state index contributed by atoms with van der Waals surface area (Å²) in [5.41, 5.74) is 0. The van der Waals surface area contributed by atoms with E-state index in [-0.39, 0.29) is 12.1 Å². The van der Waals surface area contributed by atoms with Gasteiger partial charge in [0.15, 0.2) is 5.75 Å². The van der Waals surface area contributed by atoms with Crippen molar-refractivity contribution >= 4 is 6.41 Å². The lowest BCUT2D eigenvalue weighted by molar-refractivity contribution is -0.123. The molecule has 1 amide bonds. The molecule has 3 rings (SSSR count). The van der Waals surface area contributed by atoms with Gasteiger partial charge < -0.3 is 9.64 Å². The molecular weight excluding hydrogens is 309 g/mol. The van der Waals surface area contributed by atoms with Gasteiger partial charge in [0.25, 0.3) is 0 Å². The molecule has 2 heterocycles. The lowest BCUT2D eigenvalue weighted by Gasteiger charge is -2.36. The van der Waals surface area contributed by atoms with Crippen LogP contribution >= 0.6 is 0 Å². The molecule has 120 valence electrons. The molecule has 2 aliphatic rings. The first-order valence-electron chi connectivity index (χ1n) is 6.84. The maximum absolute atomic E-state index is 13.6. The van der Waals surface area contributed by atoms with Crippen LogP contribution < -0.4 is 4.74 Å². The van der Waals surface area contributed by atoms with Crippen LogP contribution in [0.5, 0.6) is 5.75 Å². The number of carbonyl (C=O) groups excluding carboxylic acids is 1. The number of ether oxygens (including phenoxy) is 1. The van der Waals surface area contributed by atoms with Gasteiger partial charge in [-0.2, -0.15) is 8.78 Å².